The molecule has 2 aromatic rings. The number of nitrogens with zero attached hydrogens (tertiary/aromatic N) is 2. The highest BCUT2D eigenvalue weighted by Gasteiger charge is 2.12. The van der Waals surface area contributed by atoms with Gasteiger partial charge in [-0.3, -0.25) is 4.57 Å². The minimum atomic E-state index is -2.56. The molecule has 1 atom stereocenters. The maximum Gasteiger partial charge on any atom is 0.319 e. The monoisotopic (exact) mass is 329 g/mol. The molecule has 0 saturated carbocycles. The number of alkyl halides is 2. The molecule has 1 aromatic heterocycles. The van der Waals surface area contributed by atoms with Crippen LogP contribution < -0.4 is 5.32 Å². The Balaban J connectivity index is 2.00. The standard InChI is InChI=1S/C13H14BrF2N3/c1-9(10-3-2-4-11(14)7-10)18-8-12-17-5-6-19(12)13(15)16/h2-7,9,13,18H,8H2,1H3/t9-/m1/s1. The van der Waals surface area contributed by atoms with E-state index in [9.17, 15) is 8.78 Å². The predicted octanol–water partition coefficient (Wildman–Crippen LogP) is 3.89. The van der Waals surface area contributed by atoms with E-state index >= 15 is 0 Å². The maximum absolute atomic E-state index is 12.7. The van der Waals surface area contributed by atoms with E-state index in [1.807, 2.05) is 31.2 Å². The van der Waals surface area contributed by atoms with Crippen LogP contribution in [-0.2, 0) is 6.54 Å². The van der Waals surface area contributed by atoms with Crippen molar-refractivity contribution in [3.63, 3.8) is 0 Å². The molecule has 0 unspecified atom stereocenters. The summed E-state index contributed by atoms with van der Waals surface area (Å²) in [6.45, 7) is -0.275. The first kappa shape index (κ1) is 14.1. The zero-order valence-electron chi connectivity index (χ0n) is 10.4. The predicted molar refractivity (Wildman–Crippen MR) is 72.9 cm³/mol. The van der Waals surface area contributed by atoms with Crippen LogP contribution in [0.4, 0.5) is 8.78 Å². The molecule has 0 amide bonds. The summed E-state index contributed by atoms with van der Waals surface area (Å²) in [5, 5.41) is 3.19. The van der Waals surface area contributed by atoms with Gasteiger partial charge in [0.1, 0.15) is 5.82 Å². The van der Waals surface area contributed by atoms with E-state index in [0.717, 1.165) is 14.6 Å². The fourth-order valence-electron chi connectivity index (χ4n) is 1.80. The van der Waals surface area contributed by atoms with Crippen LogP contribution >= 0.6 is 15.9 Å². The van der Waals surface area contributed by atoms with Crippen molar-refractivity contribution in [2.45, 2.75) is 26.1 Å². The van der Waals surface area contributed by atoms with Crippen LogP contribution in [0.15, 0.2) is 41.1 Å². The normalized spacial score (nSPS) is 12.9. The highest BCUT2D eigenvalue weighted by atomic mass is 79.9. The van der Waals surface area contributed by atoms with Crippen molar-refractivity contribution in [1.82, 2.24) is 14.9 Å². The zero-order chi connectivity index (χ0) is 13.8. The summed E-state index contributed by atoms with van der Waals surface area (Å²) in [5.41, 5.74) is 1.09. The Kier molecular flexibility index (Phi) is 4.66. The highest BCUT2D eigenvalue weighted by molar-refractivity contribution is 9.10. The molecule has 102 valence electrons. The van der Waals surface area contributed by atoms with Crippen molar-refractivity contribution in [2.75, 3.05) is 0 Å². The summed E-state index contributed by atoms with van der Waals surface area (Å²) < 4.78 is 27.2. The molecule has 3 nitrogen and oxygen atoms in total. The van der Waals surface area contributed by atoms with Crippen LogP contribution in [0.3, 0.4) is 0 Å². The number of nitrogens with one attached hydrogen (secondary N) is 1. The van der Waals surface area contributed by atoms with Crippen molar-refractivity contribution >= 4 is 15.9 Å². The Morgan fingerprint density at radius 3 is 2.89 bits per heavy atom. The van der Waals surface area contributed by atoms with Gasteiger partial charge in [-0.2, -0.15) is 8.78 Å². The molecule has 0 aliphatic carbocycles. The summed E-state index contributed by atoms with van der Waals surface area (Å²) >= 11 is 3.41. The Morgan fingerprint density at radius 1 is 1.42 bits per heavy atom. The number of benzene rings is 1. The van der Waals surface area contributed by atoms with Crippen molar-refractivity contribution in [2.24, 2.45) is 0 Å². The van der Waals surface area contributed by atoms with Gasteiger partial charge in [-0.1, -0.05) is 28.1 Å². The highest BCUT2D eigenvalue weighted by Crippen LogP contribution is 2.18. The Labute approximate surface area is 118 Å². The molecule has 0 radical (unpaired) electrons. The van der Waals surface area contributed by atoms with E-state index in [0.29, 0.717) is 12.4 Å². The minimum Gasteiger partial charge on any atom is -0.303 e. The van der Waals surface area contributed by atoms with Gasteiger partial charge in [-0.25, -0.2) is 4.98 Å². The number of rotatable bonds is 5. The van der Waals surface area contributed by atoms with Gasteiger partial charge < -0.3 is 5.32 Å². The molecular weight excluding hydrogens is 316 g/mol. The first-order chi connectivity index (χ1) is 9.08. The van der Waals surface area contributed by atoms with Gasteiger partial charge in [0.15, 0.2) is 0 Å². The Bertz CT molecular complexity index is 542. The third-order valence-electron chi connectivity index (χ3n) is 2.87. The zero-order valence-corrected chi connectivity index (χ0v) is 11.9. The van der Waals surface area contributed by atoms with Gasteiger partial charge in [-0.15, -0.1) is 0 Å². The van der Waals surface area contributed by atoms with Gasteiger partial charge in [0.25, 0.3) is 0 Å². The molecule has 0 saturated heterocycles. The molecule has 0 aliphatic rings. The van der Waals surface area contributed by atoms with Crippen LogP contribution in [0.5, 0.6) is 0 Å². The van der Waals surface area contributed by atoms with Crippen molar-refractivity contribution in [3.05, 3.63) is 52.5 Å². The van der Waals surface area contributed by atoms with Crippen molar-refractivity contribution in [3.8, 4) is 0 Å². The van der Waals surface area contributed by atoms with Crippen LogP contribution in [-0.4, -0.2) is 9.55 Å². The molecule has 0 spiro atoms. The lowest BCUT2D eigenvalue weighted by Gasteiger charge is -2.15. The fourth-order valence-corrected chi connectivity index (χ4v) is 2.21. The molecule has 19 heavy (non-hydrogen) atoms. The minimum absolute atomic E-state index is 0.0559. The average Bonchev–Trinajstić information content (AvgIpc) is 2.84. The summed E-state index contributed by atoms with van der Waals surface area (Å²) in [6.07, 6.45) is 2.67. The van der Waals surface area contributed by atoms with E-state index in [-0.39, 0.29) is 6.04 Å². The van der Waals surface area contributed by atoms with Crippen LogP contribution in [0, 0.1) is 0 Å². The number of hydrogen-bond donors (Lipinski definition) is 1. The van der Waals surface area contributed by atoms with Gasteiger partial charge in [0.05, 0.1) is 6.54 Å². The lowest BCUT2D eigenvalue weighted by molar-refractivity contribution is 0.0665. The van der Waals surface area contributed by atoms with E-state index in [1.165, 1.54) is 12.4 Å². The van der Waals surface area contributed by atoms with E-state index in [2.05, 4.69) is 26.2 Å². The van der Waals surface area contributed by atoms with Gasteiger partial charge in [0.2, 0.25) is 0 Å². The quantitative estimate of drug-likeness (QED) is 0.901. The summed E-state index contributed by atoms with van der Waals surface area (Å²) in [7, 11) is 0. The van der Waals surface area contributed by atoms with Crippen LogP contribution in [0.25, 0.3) is 0 Å². The largest absolute Gasteiger partial charge is 0.319 e. The molecule has 1 heterocycles. The average molecular weight is 330 g/mol. The molecule has 0 fully saturated rings. The molecular formula is C13H14BrF2N3. The first-order valence-corrected chi connectivity index (χ1v) is 6.66. The lowest BCUT2D eigenvalue weighted by Crippen LogP contribution is -2.21. The second-order valence-corrected chi connectivity index (χ2v) is 5.10. The van der Waals surface area contributed by atoms with Gasteiger partial charge >= 0.3 is 6.55 Å². The number of halogens is 3. The van der Waals surface area contributed by atoms with Crippen LogP contribution in [0.1, 0.15) is 30.9 Å². The second kappa shape index (κ2) is 6.25. The lowest BCUT2D eigenvalue weighted by atomic mass is 10.1. The van der Waals surface area contributed by atoms with Crippen molar-refractivity contribution in [1.29, 1.82) is 0 Å². The smallest absolute Gasteiger partial charge is 0.303 e. The summed E-state index contributed by atoms with van der Waals surface area (Å²) in [5.74, 6) is 0.330. The van der Waals surface area contributed by atoms with E-state index in [1.54, 1.807) is 0 Å². The topological polar surface area (TPSA) is 29.9 Å². The molecule has 2 rings (SSSR count). The van der Waals surface area contributed by atoms with Gasteiger partial charge in [0, 0.05) is 22.9 Å². The van der Waals surface area contributed by atoms with E-state index in [4.69, 9.17) is 0 Å². The number of hydrogen-bond acceptors (Lipinski definition) is 2. The molecule has 1 N–H and O–H groups in total. The van der Waals surface area contributed by atoms with Crippen LogP contribution in [0.2, 0.25) is 0 Å². The third-order valence-corrected chi connectivity index (χ3v) is 3.37. The number of imidazole rings is 1. The SMILES string of the molecule is C[C@@H](NCc1nccn1C(F)F)c1cccc(Br)c1. The maximum atomic E-state index is 12.7. The third kappa shape index (κ3) is 3.61. The number of aromatic nitrogens is 2. The molecule has 0 bridgehead atoms. The van der Waals surface area contributed by atoms with E-state index < -0.39 is 6.55 Å². The molecule has 0 aliphatic heterocycles. The Hall–Kier alpha value is -1.27. The fraction of sp³-hybridized carbons (Fsp3) is 0.308. The summed E-state index contributed by atoms with van der Waals surface area (Å²) in [6, 6.07) is 7.93. The first-order valence-electron chi connectivity index (χ1n) is 5.86. The van der Waals surface area contributed by atoms with Gasteiger partial charge in [-0.05, 0) is 24.6 Å². The summed E-state index contributed by atoms with van der Waals surface area (Å²) in [4.78, 5) is 3.93. The second-order valence-electron chi connectivity index (χ2n) is 4.19. The Morgan fingerprint density at radius 2 is 2.21 bits per heavy atom. The van der Waals surface area contributed by atoms with Crippen molar-refractivity contribution < 1.29 is 8.78 Å². The molecule has 1 aromatic carbocycles. The molecule has 6 heteroatoms.